The molecule has 0 radical (unpaired) electrons. The van der Waals surface area contributed by atoms with Crippen LogP contribution in [0.4, 0.5) is 5.69 Å². The van der Waals surface area contributed by atoms with Gasteiger partial charge in [-0.05, 0) is 43.7 Å². The van der Waals surface area contributed by atoms with Gasteiger partial charge in [0, 0.05) is 61.6 Å². The maximum Gasteiger partial charge on any atom is 0.269 e. The fourth-order valence-corrected chi connectivity index (χ4v) is 5.75. The van der Waals surface area contributed by atoms with E-state index in [1.807, 2.05) is 0 Å². The van der Waals surface area contributed by atoms with Gasteiger partial charge in [0.1, 0.15) is 22.5 Å². The number of nitro groups is 1. The highest BCUT2D eigenvalue weighted by Gasteiger charge is 2.25. The second-order valence-electron chi connectivity index (χ2n) is 11.2. The summed E-state index contributed by atoms with van der Waals surface area (Å²) in [6.07, 6.45) is 1.43. The zero-order valence-corrected chi connectivity index (χ0v) is 28.1. The smallest absolute Gasteiger partial charge is 0.269 e. The molecule has 1 saturated heterocycles. The molecule has 14 nitrogen and oxygen atoms in total. The third-order valence-corrected chi connectivity index (χ3v) is 8.37. The quantitative estimate of drug-likeness (QED) is 0.1000. The number of non-ortho nitro benzene ring substituents is 1. The molecule has 4 aromatic rings. The number of hydrogen-bond acceptors (Lipinski definition) is 12. The molecular formula is C35H39N3O11. The molecule has 49 heavy (non-hydrogen) atoms. The Labute approximate surface area is 282 Å². The van der Waals surface area contributed by atoms with Crippen LogP contribution in [0.15, 0.2) is 57.7 Å². The number of methoxy groups -OCH3 is 5. The molecule has 0 aliphatic carbocycles. The summed E-state index contributed by atoms with van der Waals surface area (Å²) in [5.74, 6) is 1.94. The maximum absolute atomic E-state index is 14.0. The Balaban J connectivity index is 1.28. The molecule has 1 amide bonds. The van der Waals surface area contributed by atoms with E-state index in [1.54, 1.807) is 29.2 Å². The average Bonchev–Trinajstić information content (AvgIpc) is 3.13. The highest BCUT2D eigenvalue weighted by Crippen LogP contribution is 2.44. The van der Waals surface area contributed by atoms with E-state index in [2.05, 4.69) is 4.90 Å². The van der Waals surface area contributed by atoms with Crippen molar-refractivity contribution >= 4 is 22.6 Å². The molecule has 0 N–H and O–H groups in total. The summed E-state index contributed by atoms with van der Waals surface area (Å²) in [4.78, 5) is 41.4. The van der Waals surface area contributed by atoms with Crippen molar-refractivity contribution in [3.8, 4) is 45.8 Å². The number of piperazine rings is 1. The highest BCUT2D eigenvalue weighted by molar-refractivity contribution is 5.94. The number of unbranched alkanes of at least 4 members (excludes halogenated alkanes) is 1. The largest absolute Gasteiger partial charge is 0.496 e. The SMILES string of the molecule is COc1cc(OC)c2c(=O)c(OCCCCN3CCN(C(=O)c4ccc([N+](=O)[O-])cc4)CC3)c(-c3cc(OC)c(OC)c(OC)c3)oc2c1. The van der Waals surface area contributed by atoms with Crippen LogP contribution in [0.5, 0.6) is 34.5 Å². The second kappa shape index (κ2) is 15.6. The van der Waals surface area contributed by atoms with Gasteiger partial charge in [0.25, 0.3) is 11.6 Å². The van der Waals surface area contributed by atoms with E-state index in [1.165, 1.54) is 59.8 Å². The molecule has 1 fully saturated rings. The lowest BCUT2D eigenvalue weighted by Crippen LogP contribution is -2.48. The van der Waals surface area contributed by atoms with Crippen LogP contribution < -0.4 is 33.8 Å². The maximum atomic E-state index is 14.0. The van der Waals surface area contributed by atoms with Crippen molar-refractivity contribution in [3.05, 3.63) is 74.4 Å². The molecule has 0 saturated carbocycles. The predicted molar refractivity (Wildman–Crippen MR) is 181 cm³/mol. The van der Waals surface area contributed by atoms with Crippen molar-refractivity contribution in [2.75, 3.05) is 74.9 Å². The van der Waals surface area contributed by atoms with Crippen molar-refractivity contribution in [1.29, 1.82) is 0 Å². The van der Waals surface area contributed by atoms with Gasteiger partial charge in [0.2, 0.25) is 16.9 Å². The number of benzene rings is 3. The number of carbonyl (C=O) groups excluding carboxylic acids is 1. The van der Waals surface area contributed by atoms with E-state index in [0.717, 1.165) is 13.0 Å². The Morgan fingerprint density at radius 1 is 0.816 bits per heavy atom. The van der Waals surface area contributed by atoms with Crippen molar-refractivity contribution in [2.45, 2.75) is 12.8 Å². The van der Waals surface area contributed by atoms with Crippen LogP contribution in [0.25, 0.3) is 22.3 Å². The molecule has 0 unspecified atom stereocenters. The minimum Gasteiger partial charge on any atom is -0.496 e. The molecule has 1 aliphatic heterocycles. The molecule has 1 aliphatic rings. The summed E-state index contributed by atoms with van der Waals surface area (Å²) in [7, 11) is 7.48. The van der Waals surface area contributed by atoms with Gasteiger partial charge < -0.3 is 37.7 Å². The van der Waals surface area contributed by atoms with E-state index in [0.29, 0.717) is 66.7 Å². The van der Waals surface area contributed by atoms with Crippen LogP contribution >= 0.6 is 0 Å². The summed E-state index contributed by atoms with van der Waals surface area (Å²) in [5, 5.41) is 11.1. The predicted octanol–water partition coefficient (Wildman–Crippen LogP) is 5.03. The van der Waals surface area contributed by atoms with E-state index in [-0.39, 0.29) is 46.4 Å². The van der Waals surface area contributed by atoms with Crippen LogP contribution in [-0.4, -0.2) is 95.5 Å². The lowest BCUT2D eigenvalue weighted by molar-refractivity contribution is -0.384. The standard InChI is InChI=1S/C35H39N3O11/c1-43-25-20-26(44-2)30-27(21-25)49-32(23-18-28(45-3)33(47-5)29(19-23)46-4)34(31(30)39)48-17-7-6-12-36-13-15-37(16-14-36)35(40)22-8-10-24(11-9-22)38(41)42/h8-11,18-21H,6-7,12-17H2,1-5H3. The van der Waals surface area contributed by atoms with Crippen molar-refractivity contribution in [1.82, 2.24) is 9.80 Å². The first-order valence-electron chi connectivity index (χ1n) is 15.6. The zero-order valence-electron chi connectivity index (χ0n) is 28.1. The normalized spacial score (nSPS) is 13.2. The lowest BCUT2D eigenvalue weighted by Gasteiger charge is -2.34. The van der Waals surface area contributed by atoms with E-state index in [4.69, 9.17) is 32.8 Å². The number of hydrogen-bond donors (Lipinski definition) is 0. The second-order valence-corrected chi connectivity index (χ2v) is 11.2. The van der Waals surface area contributed by atoms with Crippen molar-refractivity contribution in [2.24, 2.45) is 0 Å². The van der Waals surface area contributed by atoms with Crippen LogP contribution in [-0.2, 0) is 0 Å². The average molecular weight is 678 g/mol. The van der Waals surface area contributed by atoms with Crippen LogP contribution in [0.2, 0.25) is 0 Å². The summed E-state index contributed by atoms with van der Waals surface area (Å²) >= 11 is 0. The number of nitro benzene ring substituents is 1. The number of amides is 1. The fourth-order valence-electron chi connectivity index (χ4n) is 5.75. The van der Waals surface area contributed by atoms with Gasteiger partial charge in [-0.2, -0.15) is 0 Å². The Bertz CT molecular complexity index is 1840. The molecule has 3 aromatic carbocycles. The highest BCUT2D eigenvalue weighted by atomic mass is 16.6. The molecular weight excluding hydrogens is 638 g/mol. The molecule has 0 atom stereocenters. The van der Waals surface area contributed by atoms with Gasteiger partial charge >= 0.3 is 0 Å². The summed E-state index contributed by atoms with van der Waals surface area (Å²) in [6.45, 7) is 3.52. The Kier molecular flexibility index (Phi) is 11.1. The molecule has 2 heterocycles. The van der Waals surface area contributed by atoms with Gasteiger partial charge in [0.15, 0.2) is 17.3 Å². The van der Waals surface area contributed by atoms with Crippen molar-refractivity contribution < 1.29 is 42.6 Å². The number of carbonyl (C=O) groups is 1. The molecule has 260 valence electrons. The van der Waals surface area contributed by atoms with E-state index < -0.39 is 10.4 Å². The fraction of sp³-hybridized carbons (Fsp3) is 0.371. The van der Waals surface area contributed by atoms with Gasteiger partial charge in [-0.3, -0.25) is 24.6 Å². The Morgan fingerprint density at radius 2 is 1.47 bits per heavy atom. The first-order chi connectivity index (χ1) is 23.7. The van der Waals surface area contributed by atoms with Crippen LogP contribution in [0.1, 0.15) is 23.2 Å². The minimum absolute atomic E-state index is 0.0172. The van der Waals surface area contributed by atoms with Crippen molar-refractivity contribution in [3.63, 3.8) is 0 Å². The molecule has 0 bridgehead atoms. The lowest BCUT2D eigenvalue weighted by atomic mass is 10.1. The first-order valence-corrected chi connectivity index (χ1v) is 15.6. The summed E-state index contributed by atoms with van der Waals surface area (Å²) < 4.78 is 40.0. The van der Waals surface area contributed by atoms with Gasteiger partial charge in [0.05, 0.1) is 47.1 Å². The minimum atomic E-state index is -0.488. The topological polar surface area (TPSA) is 152 Å². The Morgan fingerprint density at radius 3 is 2.04 bits per heavy atom. The third-order valence-electron chi connectivity index (χ3n) is 8.37. The van der Waals surface area contributed by atoms with Crippen LogP contribution in [0.3, 0.4) is 0 Å². The zero-order chi connectivity index (χ0) is 35.1. The number of rotatable bonds is 14. The number of fused-ring (bicyclic) bond motifs is 1. The molecule has 5 rings (SSSR count). The number of nitrogens with zero attached hydrogens (tertiary/aromatic N) is 3. The first kappa shape index (κ1) is 34.8. The third kappa shape index (κ3) is 7.49. The monoisotopic (exact) mass is 677 g/mol. The summed E-state index contributed by atoms with van der Waals surface area (Å²) in [6, 6.07) is 12.3. The van der Waals surface area contributed by atoms with Crippen LogP contribution in [0, 0.1) is 10.1 Å². The summed E-state index contributed by atoms with van der Waals surface area (Å²) in [5.41, 5.74) is 0.704. The molecule has 14 heteroatoms. The molecule has 1 aromatic heterocycles. The molecule has 0 spiro atoms. The van der Waals surface area contributed by atoms with Gasteiger partial charge in [-0.25, -0.2) is 0 Å². The van der Waals surface area contributed by atoms with E-state index >= 15 is 0 Å². The van der Waals surface area contributed by atoms with Gasteiger partial charge in [-0.15, -0.1) is 0 Å². The number of ether oxygens (including phenoxy) is 6. The van der Waals surface area contributed by atoms with E-state index in [9.17, 15) is 19.7 Å². The Hall–Kier alpha value is -5.50. The van der Waals surface area contributed by atoms with Gasteiger partial charge in [-0.1, -0.05) is 0 Å².